The lowest BCUT2D eigenvalue weighted by molar-refractivity contribution is 0.0955. The van der Waals surface area contributed by atoms with E-state index in [4.69, 9.17) is 0 Å². The van der Waals surface area contributed by atoms with Crippen LogP contribution in [0.3, 0.4) is 0 Å². The number of anilines is 1. The topological polar surface area (TPSA) is 66.9 Å². The molecule has 2 N–H and O–H groups in total. The molecule has 0 aliphatic heterocycles. The van der Waals surface area contributed by atoms with Crippen LogP contribution in [-0.2, 0) is 6.42 Å². The maximum Gasteiger partial charge on any atom is 0.253 e. The van der Waals surface area contributed by atoms with Crippen molar-refractivity contribution in [2.45, 2.75) is 26.7 Å². The van der Waals surface area contributed by atoms with Gasteiger partial charge in [-0.1, -0.05) is 6.92 Å². The molecule has 2 aromatic heterocycles. The van der Waals surface area contributed by atoms with Crippen molar-refractivity contribution in [1.29, 1.82) is 0 Å². The molecule has 6 heteroatoms. The van der Waals surface area contributed by atoms with Gasteiger partial charge in [-0.05, 0) is 19.4 Å². The van der Waals surface area contributed by atoms with Crippen LogP contribution in [0.2, 0.25) is 0 Å². The minimum Gasteiger partial charge on any atom is -0.383 e. The summed E-state index contributed by atoms with van der Waals surface area (Å²) in [4.78, 5) is 20.7. The number of hydrogen-bond acceptors (Lipinski definition) is 5. The van der Waals surface area contributed by atoms with Crippen molar-refractivity contribution in [2.75, 3.05) is 18.4 Å². The van der Waals surface area contributed by atoms with Crippen LogP contribution in [0.5, 0.6) is 0 Å². The van der Waals surface area contributed by atoms with Gasteiger partial charge in [0, 0.05) is 31.1 Å². The number of hydrogen-bond donors (Lipinski definition) is 2. The van der Waals surface area contributed by atoms with Gasteiger partial charge in [-0.2, -0.15) is 0 Å². The predicted octanol–water partition coefficient (Wildman–Crippen LogP) is 2.64. The van der Waals surface area contributed by atoms with E-state index in [9.17, 15) is 4.79 Å². The quantitative estimate of drug-likeness (QED) is 0.825. The zero-order valence-electron chi connectivity index (χ0n) is 12.3. The molecule has 0 atom stereocenters. The molecule has 0 aliphatic carbocycles. The van der Waals surface area contributed by atoms with Crippen molar-refractivity contribution in [3.63, 3.8) is 0 Å². The summed E-state index contributed by atoms with van der Waals surface area (Å²) in [7, 11) is 0. The van der Waals surface area contributed by atoms with Gasteiger partial charge in [0.25, 0.3) is 5.91 Å². The normalized spacial score (nSPS) is 10.4. The highest BCUT2D eigenvalue weighted by Gasteiger charge is 2.10. The highest BCUT2D eigenvalue weighted by molar-refractivity contribution is 7.09. The van der Waals surface area contributed by atoms with Gasteiger partial charge in [0.05, 0.1) is 28.1 Å². The van der Waals surface area contributed by atoms with Gasteiger partial charge in [-0.3, -0.25) is 9.78 Å². The Kier molecular flexibility index (Phi) is 5.68. The summed E-state index contributed by atoms with van der Waals surface area (Å²) < 4.78 is 0. The molecule has 0 aromatic carbocycles. The van der Waals surface area contributed by atoms with Crippen LogP contribution in [0.25, 0.3) is 0 Å². The Morgan fingerprint density at radius 1 is 1.38 bits per heavy atom. The van der Waals surface area contributed by atoms with E-state index in [1.807, 2.05) is 12.3 Å². The van der Waals surface area contributed by atoms with Crippen molar-refractivity contribution >= 4 is 22.9 Å². The molecule has 0 unspecified atom stereocenters. The summed E-state index contributed by atoms with van der Waals surface area (Å²) in [6, 6.07) is 1.74. The Hall–Kier alpha value is -1.95. The summed E-state index contributed by atoms with van der Waals surface area (Å²) in [5.41, 5.74) is 2.44. The summed E-state index contributed by atoms with van der Waals surface area (Å²) >= 11 is 1.63. The number of nitrogens with zero attached hydrogens (tertiary/aromatic N) is 2. The van der Waals surface area contributed by atoms with E-state index in [1.165, 1.54) is 0 Å². The Morgan fingerprint density at radius 2 is 2.24 bits per heavy atom. The fraction of sp³-hybridized carbons (Fsp3) is 0.400. The minimum atomic E-state index is -0.0806. The summed E-state index contributed by atoms with van der Waals surface area (Å²) in [5, 5.41) is 9.23. The number of carbonyl (C=O) groups excluding carboxylic acids is 1. The highest BCUT2D eigenvalue weighted by atomic mass is 32.1. The monoisotopic (exact) mass is 304 g/mol. The first kappa shape index (κ1) is 15.4. The maximum atomic E-state index is 12.2. The largest absolute Gasteiger partial charge is 0.383 e. The van der Waals surface area contributed by atoms with Gasteiger partial charge in [0.15, 0.2) is 0 Å². The van der Waals surface area contributed by atoms with Crippen molar-refractivity contribution < 1.29 is 4.79 Å². The van der Waals surface area contributed by atoms with Crippen molar-refractivity contribution in [3.05, 3.63) is 40.1 Å². The summed E-state index contributed by atoms with van der Waals surface area (Å²) in [6.07, 6.45) is 5.07. The molecule has 2 aromatic rings. The molecule has 21 heavy (non-hydrogen) atoms. The zero-order chi connectivity index (χ0) is 15.1. The van der Waals surface area contributed by atoms with Crippen molar-refractivity contribution in [1.82, 2.24) is 15.3 Å². The second-order valence-electron chi connectivity index (χ2n) is 4.71. The van der Waals surface area contributed by atoms with E-state index < -0.39 is 0 Å². The second kappa shape index (κ2) is 7.73. The first-order valence-electron chi connectivity index (χ1n) is 7.07. The third-order valence-corrected chi connectivity index (χ3v) is 3.79. The highest BCUT2D eigenvalue weighted by Crippen LogP contribution is 2.13. The molecule has 112 valence electrons. The van der Waals surface area contributed by atoms with Crippen LogP contribution < -0.4 is 10.6 Å². The first-order valence-corrected chi connectivity index (χ1v) is 7.95. The van der Waals surface area contributed by atoms with E-state index in [0.717, 1.165) is 35.8 Å². The number of aromatic nitrogens is 2. The Bertz CT molecular complexity index is 597. The van der Waals surface area contributed by atoms with Crippen LogP contribution >= 0.6 is 11.3 Å². The van der Waals surface area contributed by atoms with Crippen LogP contribution in [0, 0.1) is 6.92 Å². The molecular formula is C15H20N4OS. The van der Waals surface area contributed by atoms with E-state index in [-0.39, 0.29) is 5.91 Å². The molecule has 2 heterocycles. The molecule has 0 bridgehead atoms. The molecule has 0 spiro atoms. The van der Waals surface area contributed by atoms with Crippen molar-refractivity contribution in [3.8, 4) is 0 Å². The van der Waals surface area contributed by atoms with Crippen LogP contribution in [0.15, 0.2) is 23.8 Å². The zero-order valence-corrected chi connectivity index (χ0v) is 13.2. The Labute approximate surface area is 128 Å². The van der Waals surface area contributed by atoms with Crippen LogP contribution in [-0.4, -0.2) is 29.0 Å². The minimum absolute atomic E-state index is 0.0806. The lowest BCUT2D eigenvalue weighted by atomic mass is 10.2. The second-order valence-corrected chi connectivity index (χ2v) is 5.77. The lowest BCUT2D eigenvalue weighted by Gasteiger charge is -2.10. The van der Waals surface area contributed by atoms with Gasteiger partial charge >= 0.3 is 0 Å². The summed E-state index contributed by atoms with van der Waals surface area (Å²) in [5.74, 6) is -0.0806. The number of thiazole rings is 1. The lowest BCUT2D eigenvalue weighted by Crippen LogP contribution is -2.26. The molecule has 0 fully saturated rings. The smallest absolute Gasteiger partial charge is 0.253 e. The first-order chi connectivity index (χ1) is 10.2. The number of nitrogens with one attached hydrogen (secondary N) is 2. The molecule has 0 aliphatic rings. The third kappa shape index (κ3) is 4.53. The number of rotatable bonds is 7. The van der Waals surface area contributed by atoms with E-state index in [0.29, 0.717) is 12.1 Å². The Morgan fingerprint density at radius 3 is 2.95 bits per heavy atom. The van der Waals surface area contributed by atoms with Gasteiger partial charge in [-0.15, -0.1) is 11.3 Å². The molecule has 1 amide bonds. The van der Waals surface area contributed by atoms with E-state index in [2.05, 4.69) is 27.5 Å². The maximum absolute atomic E-state index is 12.2. The molecule has 5 nitrogen and oxygen atoms in total. The molecule has 0 saturated heterocycles. The van der Waals surface area contributed by atoms with Gasteiger partial charge in [0.1, 0.15) is 0 Å². The Balaban J connectivity index is 1.90. The van der Waals surface area contributed by atoms with Crippen molar-refractivity contribution in [2.24, 2.45) is 0 Å². The van der Waals surface area contributed by atoms with Gasteiger partial charge < -0.3 is 10.6 Å². The fourth-order valence-corrected chi connectivity index (χ4v) is 2.56. The van der Waals surface area contributed by atoms with Crippen LogP contribution in [0.1, 0.15) is 34.4 Å². The number of aryl methyl sites for hydroxylation is 1. The van der Waals surface area contributed by atoms with Crippen LogP contribution in [0.4, 0.5) is 5.69 Å². The fourth-order valence-electron chi connectivity index (χ4n) is 1.92. The van der Waals surface area contributed by atoms with E-state index in [1.54, 1.807) is 29.8 Å². The standard InChI is InChI=1S/C15H20N4OS/c1-3-6-17-14-9-16-7-5-13(14)15(20)18-8-4-12-10-21-11(2)19-12/h5,7,9-10,17H,3-4,6,8H2,1-2H3,(H,18,20). The summed E-state index contributed by atoms with van der Waals surface area (Å²) in [6.45, 7) is 5.47. The average molecular weight is 304 g/mol. The number of carbonyl (C=O) groups is 1. The average Bonchev–Trinajstić information content (AvgIpc) is 2.91. The molecule has 2 rings (SSSR count). The van der Waals surface area contributed by atoms with Gasteiger partial charge in [-0.25, -0.2) is 4.98 Å². The number of amides is 1. The number of pyridine rings is 1. The predicted molar refractivity (Wildman–Crippen MR) is 85.9 cm³/mol. The van der Waals surface area contributed by atoms with E-state index >= 15 is 0 Å². The molecule has 0 radical (unpaired) electrons. The molecule has 0 saturated carbocycles. The molecular weight excluding hydrogens is 284 g/mol. The van der Waals surface area contributed by atoms with Gasteiger partial charge in [0.2, 0.25) is 0 Å². The SMILES string of the molecule is CCCNc1cnccc1C(=O)NCCc1csc(C)n1. The third-order valence-electron chi connectivity index (χ3n) is 2.96.